The average Bonchev–Trinajstić information content (AvgIpc) is 2.66. The van der Waals surface area contributed by atoms with Gasteiger partial charge in [-0.1, -0.05) is 50.4 Å². The standard InChI is InChI=1S/C24H30O/c1-3-5-20-25-24-18-16-23(17-19-24)11-9-7-6-8-10-22-14-12-21(4-2)13-15-22/h6-7,16-19,21-22H,3-5,12-15,20H2,1-2H3/b7-6+/t21-,22-. The maximum atomic E-state index is 5.65. The summed E-state index contributed by atoms with van der Waals surface area (Å²) in [5, 5.41) is 0. The Morgan fingerprint density at radius 1 is 1.00 bits per heavy atom. The minimum Gasteiger partial charge on any atom is -0.494 e. The Kier molecular flexibility index (Phi) is 8.79. The molecule has 0 spiro atoms. The second-order valence-corrected chi connectivity index (χ2v) is 6.74. The van der Waals surface area contributed by atoms with E-state index in [0.29, 0.717) is 5.92 Å². The molecule has 1 aliphatic rings. The van der Waals surface area contributed by atoms with Crippen molar-refractivity contribution >= 4 is 0 Å². The van der Waals surface area contributed by atoms with Crippen LogP contribution in [0, 0.1) is 35.5 Å². The molecule has 1 aromatic carbocycles. The van der Waals surface area contributed by atoms with Gasteiger partial charge in [0.1, 0.15) is 5.75 Å². The fraction of sp³-hybridized carbons (Fsp3) is 0.500. The van der Waals surface area contributed by atoms with Crippen molar-refractivity contribution in [3.8, 4) is 29.4 Å². The molecule has 1 heteroatoms. The monoisotopic (exact) mass is 334 g/mol. The predicted molar refractivity (Wildman–Crippen MR) is 106 cm³/mol. The van der Waals surface area contributed by atoms with Crippen LogP contribution < -0.4 is 4.74 Å². The fourth-order valence-corrected chi connectivity index (χ4v) is 3.06. The molecule has 1 aromatic rings. The van der Waals surface area contributed by atoms with E-state index < -0.39 is 0 Å². The van der Waals surface area contributed by atoms with Crippen molar-refractivity contribution in [1.29, 1.82) is 0 Å². The van der Waals surface area contributed by atoms with Gasteiger partial charge in [-0.05, 0) is 74.4 Å². The lowest BCUT2D eigenvalue weighted by molar-refractivity contribution is 0.309. The largest absolute Gasteiger partial charge is 0.494 e. The van der Waals surface area contributed by atoms with Crippen molar-refractivity contribution < 1.29 is 4.74 Å². The summed E-state index contributed by atoms with van der Waals surface area (Å²) >= 11 is 0. The first-order chi connectivity index (χ1) is 12.3. The molecule has 0 heterocycles. The number of rotatable bonds is 5. The van der Waals surface area contributed by atoms with E-state index in [1.54, 1.807) is 0 Å². The third-order valence-electron chi connectivity index (χ3n) is 4.80. The minimum atomic E-state index is 0.584. The van der Waals surface area contributed by atoms with Crippen LogP contribution in [0.3, 0.4) is 0 Å². The van der Waals surface area contributed by atoms with Crippen LogP contribution in [0.5, 0.6) is 5.75 Å². The van der Waals surface area contributed by atoms with Gasteiger partial charge in [0.25, 0.3) is 0 Å². The molecule has 0 saturated heterocycles. The van der Waals surface area contributed by atoms with Crippen molar-refractivity contribution in [3.05, 3.63) is 42.0 Å². The fourth-order valence-electron chi connectivity index (χ4n) is 3.06. The third-order valence-corrected chi connectivity index (χ3v) is 4.80. The summed E-state index contributed by atoms with van der Waals surface area (Å²) in [6.07, 6.45) is 12.5. The molecule has 0 atom stereocenters. The summed E-state index contributed by atoms with van der Waals surface area (Å²) in [5.74, 6) is 15.2. The highest BCUT2D eigenvalue weighted by Gasteiger charge is 2.17. The van der Waals surface area contributed by atoms with Crippen LogP contribution in [0.1, 0.15) is 64.4 Å². The van der Waals surface area contributed by atoms with Gasteiger partial charge in [0.15, 0.2) is 0 Å². The Morgan fingerprint density at radius 2 is 1.72 bits per heavy atom. The summed E-state index contributed by atoms with van der Waals surface area (Å²) in [7, 11) is 0. The minimum absolute atomic E-state index is 0.584. The summed E-state index contributed by atoms with van der Waals surface area (Å²) in [6, 6.07) is 7.96. The smallest absolute Gasteiger partial charge is 0.119 e. The second-order valence-electron chi connectivity index (χ2n) is 6.74. The van der Waals surface area contributed by atoms with Gasteiger partial charge in [-0.15, -0.1) is 0 Å². The molecule has 0 radical (unpaired) electrons. The van der Waals surface area contributed by atoms with Crippen LogP contribution in [0.15, 0.2) is 36.4 Å². The quantitative estimate of drug-likeness (QED) is 0.474. The van der Waals surface area contributed by atoms with E-state index in [9.17, 15) is 0 Å². The molecule has 0 N–H and O–H groups in total. The zero-order valence-electron chi connectivity index (χ0n) is 15.7. The normalized spacial score (nSPS) is 19.6. The van der Waals surface area contributed by atoms with Gasteiger partial charge in [0.2, 0.25) is 0 Å². The molecule has 25 heavy (non-hydrogen) atoms. The second kappa shape index (κ2) is 11.4. The molecule has 1 nitrogen and oxygen atoms in total. The molecule has 0 aromatic heterocycles. The molecule has 0 amide bonds. The van der Waals surface area contributed by atoms with Crippen LogP contribution >= 0.6 is 0 Å². The van der Waals surface area contributed by atoms with Crippen LogP contribution in [-0.4, -0.2) is 6.61 Å². The Hall–Kier alpha value is -2.12. The molecule has 1 aliphatic carbocycles. The van der Waals surface area contributed by atoms with Gasteiger partial charge in [-0.3, -0.25) is 0 Å². The number of unbranched alkanes of at least 4 members (excludes halogenated alkanes) is 1. The van der Waals surface area contributed by atoms with Crippen molar-refractivity contribution in [3.63, 3.8) is 0 Å². The van der Waals surface area contributed by atoms with Gasteiger partial charge in [0, 0.05) is 11.5 Å². The maximum absolute atomic E-state index is 5.65. The van der Waals surface area contributed by atoms with Crippen molar-refractivity contribution in [2.45, 2.75) is 58.8 Å². The Labute approximate surface area is 153 Å². The van der Waals surface area contributed by atoms with Crippen molar-refractivity contribution in [2.24, 2.45) is 11.8 Å². The molecular formula is C24H30O. The molecule has 1 saturated carbocycles. The lowest BCUT2D eigenvalue weighted by Gasteiger charge is -2.24. The molecular weight excluding hydrogens is 304 g/mol. The van der Waals surface area contributed by atoms with E-state index >= 15 is 0 Å². The van der Waals surface area contributed by atoms with Gasteiger partial charge in [-0.2, -0.15) is 0 Å². The zero-order chi connectivity index (χ0) is 17.7. The van der Waals surface area contributed by atoms with Crippen molar-refractivity contribution in [1.82, 2.24) is 0 Å². The van der Waals surface area contributed by atoms with Gasteiger partial charge >= 0.3 is 0 Å². The van der Waals surface area contributed by atoms with E-state index in [0.717, 1.165) is 36.7 Å². The number of hydrogen-bond donors (Lipinski definition) is 0. The lowest BCUT2D eigenvalue weighted by atomic mass is 9.81. The predicted octanol–water partition coefficient (Wildman–Crippen LogP) is 5.99. The summed E-state index contributed by atoms with van der Waals surface area (Å²) in [5.41, 5.74) is 0.998. The molecule has 0 unspecified atom stereocenters. The zero-order valence-corrected chi connectivity index (χ0v) is 15.7. The third kappa shape index (κ3) is 7.53. The van der Waals surface area contributed by atoms with Crippen LogP contribution in [0.25, 0.3) is 0 Å². The van der Waals surface area contributed by atoms with Crippen LogP contribution in [0.2, 0.25) is 0 Å². The van der Waals surface area contributed by atoms with Gasteiger partial charge < -0.3 is 4.74 Å². The number of benzene rings is 1. The van der Waals surface area contributed by atoms with Crippen LogP contribution in [0.4, 0.5) is 0 Å². The first kappa shape index (κ1) is 19.2. The summed E-state index contributed by atoms with van der Waals surface area (Å²) < 4.78 is 5.65. The van der Waals surface area contributed by atoms with E-state index in [4.69, 9.17) is 4.74 Å². The lowest BCUT2D eigenvalue weighted by Crippen LogP contribution is -2.12. The molecule has 0 aliphatic heterocycles. The van der Waals surface area contributed by atoms with E-state index in [1.165, 1.54) is 32.1 Å². The van der Waals surface area contributed by atoms with E-state index in [-0.39, 0.29) is 0 Å². The average molecular weight is 335 g/mol. The highest BCUT2D eigenvalue weighted by Crippen LogP contribution is 2.29. The molecule has 1 fully saturated rings. The summed E-state index contributed by atoms with van der Waals surface area (Å²) in [6.45, 7) is 5.24. The highest BCUT2D eigenvalue weighted by molar-refractivity contribution is 5.40. The Balaban J connectivity index is 1.75. The highest BCUT2D eigenvalue weighted by atomic mass is 16.5. The van der Waals surface area contributed by atoms with Crippen LogP contribution in [-0.2, 0) is 0 Å². The SMILES string of the molecule is CCCCOc1ccc(C#C/C=C/C#C[C@H]2CC[C@H](CC)CC2)cc1. The Morgan fingerprint density at radius 3 is 2.40 bits per heavy atom. The van der Waals surface area contributed by atoms with E-state index in [1.807, 2.05) is 36.4 Å². The molecule has 132 valence electrons. The Bertz CT molecular complexity index is 637. The topological polar surface area (TPSA) is 9.23 Å². The maximum Gasteiger partial charge on any atom is 0.119 e. The van der Waals surface area contributed by atoms with Gasteiger partial charge in [0.05, 0.1) is 6.61 Å². The van der Waals surface area contributed by atoms with Crippen molar-refractivity contribution in [2.75, 3.05) is 6.61 Å². The van der Waals surface area contributed by atoms with E-state index in [2.05, 4.69) is 37.5 Å². The number of ether oxygens (including phenoxy) is 1. The first-order valence-corrected chi connectivity index (χ1v) is 9.72. The van der Waals surface area contributed by atoms with Gasteiger partial charge in [-0.25, -0.2) is 0 Å². The number of hydrogen-bond acceptors (Lipinski definition) is 1. The number of allylic oxidation sites excluding steroid dienone is 2. The first-order valence-electron chi connectivity index (χ1n) is 9.72. The molecule has 2 rings (SSSR count). The summed E-state index contributed by atoms with van der Waals surface area (Å²) in [4.78, 5) is 0. The molecule has 0 bridgehead atoms.